The molecule has 0 bridgehead atoms. The number of benzene rings is 2. The van der Waals surface area contributed by atoms with Gasteiger partial charge in [0.2, 0.25) is 11.8 Å². The highest BCUT2D eigenvalue weighted by atomic mass is 32.2. The largest absolute Gasteiger partial charge is 0.349 e. The van der Waals surface area contributed by atoms with Crippen molar-refractivity contribution in [1.82, 2.24) is 5.32 Å². The second-order valence-corrected chi connectivity index (χ2v) is 6.74. The fourth-order valence-corrected chi connectivity index (χ4v) is 2.90. The molecule has 2 aromatic rings. The number of amides is 2. The lowest BCUT2D eigenvalue weighted by Crippen LogP contribution is -2.28. The van der Waals surface area contributed by atoms with Crippen LogP contribution >= 0.6 is 11.8 Å². The lowest BCUT2D eigenvalue weighted by Gasteiger charge is -2.14. The van der Waals surface area contributed by atoms with Crippen LogP contribution in [-0.2, 0) is 9.59 Å². The number of hydrogen-bond acceptors (Lipinski definition) is 3. The molecule has 1 atom stereocenters. The van der Waals surface area contributed by atoms with Gasteiger partial charge in [-0.2, -0.15) is 0 Å². The molecule has 2 rings (SSSR count). The summed E-state index contributed by atoms with van der Waals surface area (Å²) in [5.74, 6) is -0.225. The topological polar surface area (TPSA) is 58.2 Å². The average Bonchev–Trinajstić information content (AvgIpc) is 2.55. The molecule has 132 valence electrons. The van der Waals surface area contributed by atoms with Gasteiger partial charge in [0.25, 0.3) is 0 Å². The number of halogens is 1. The van der Waals surface area contributed by atoms with Gasteiger partial charge in [0.15, 0.2) is 0 Å². The van der Waals surface area contributed by atoms with Gasteiger partial charge in [0.1, 0.15) is 5.82 Å². The highest BCUT2D eigenvalue weighted by Gasteiger charge is 2.11. The molecule has 0 radical (unpaired) electrons. The summed E-state index contributed by atoms with van der Waals surface area (Å²) < 4.78 is 12.9. The van der Waals surface area contributed by atoms with E-state index in [4.69, 9.17) is 0 Å². The smallest absolute Gasteiger partial charge is 0.234 e. The van der Waals surface area contributed by atoms with Gasteiger partial charge in [-0.15, -0.1) is 11.8 Å². The van der Waals surface area contributed by atoms with Gasteiger partial charge in [-0.25, -0.2) is 4.39 Å². The van der Waals surface area contributed by atoms with Crippen molar-refractivity contribution in [2.24, 2.45) is 0 Å². The summed E-state index contributed by atoms with van der Waals surface area (Å²) in [6, 6.07) is 13.3. The maximum atomic E-state index is 12.9. The molecule has 0 saturated heterocycles. The van der Waals surface area contributed by atoms with E-state index >= 15 is 0 Å². The Kier molecular flexibility index (Phi) is 7.01. The average molecular weight is 360 g/mol. The van der Waals surface area contributed by atoms with Crippen molar-refractivity contribution in [2.45, 2.75) is 19.9 Å². The normalized spacial score (nSPS) is 11.6. The predicted octanol–water partition coefficient (Wildman–Crippen LogP) is 3.68. The SMILES string of the molecule is Cc1cccc(NC(=O)CSCC(=O)N[C@H](C)c2ccc(F)cc2)c1. The van der Waals surface area contributed by atoms with Gasteiger partial charge >= 0.3 is 0 Å². The third-order valence-electron chi connectivity index (χ3n) is 3.52. The van der Waals surface area contributed by atoms with Gasteiger partial charge in [-0.05, 0) is 49.2 Å². The van der Waals surface area contributed by atoms with Crippen LogP contribution in [0.2, 0.25) is 0 Å². The molecule has 0 aliphatic rings. The number of thioether (sulfide) groups is 1. The highest BCUT2D eigenvalue weighted by Crippen LogP contribution is 2.14. The number of carbonyl (C=O) groups excluding carboxylic acids is 2. The first-order valence-corrected chi connectivity index (χ1v) is 9.08. The first-order valence-electron chi connectivity index (χ1n) is 7.93. The Labute approximate surface area is 151 Å². The quantitative estimate of drug-likeness (QED) is 0.792. The third-order valence-corrected chi connectivity index (χ3v) is 4.45. The molecule has 25 heavy (non-hydrogen) atoms. The van der Waals surface area contributed by atoms with Crippen molar-refractivity contribution >= 4 is 29.3 Å². The first kappa shape index (κ1) is 19.0. The zero-order valence-electron chi connectivity index (χ0n) is 14.2. The Bertz CT molecular complexity index is 734. The maximum Gasteiger partial charge on any atom is 0.234 e. The van der Waals surface area contributed by atoms with Crippen LogP contribution in [0.4, 0.5) is 10.1 Å². The minimum absolute atomic E-state index is 0.144. The number of rotatable bonds is 7. The van der Waals surface area contributed by atoms with Crippen molar-refractivity contribution in [3.63, 3.8) is 0 Å². The molecule has 2 aromatic carbocycles. The lowest BCUT2D eigenvalue weighted by molar-refractivity contribution is -0.119. The van der Waals surface area contributed by atoms with Crippen LogP contribution in [0.3, 0.4) is 0 Å². The van der Waals surface area contributed by atoms with Crippen LogP contribution in [0.1, 0.15) is 24.1 Å². The van der Waals surface area contributed by atoms with E-state index in [1.54, 1.807) is 12.1 Å². The summed E-state index contributed by atoms with van der Waals surface area (Å²) in [6.45, 7) is 3.79. The van der Waals surface area contributed by atoms with Crippen LogP contribution in [0.25, 0.3) is 0 Å². The molecule has 4 nitrogen and oxygen atoms in total. The second kappa shape index (κ2) is 9.22. The van der Waals surface area contributed by atoms with E-state index in [0.717, 1.165) is 16.8 Å². The minimum atomic E-state index is -0.308. The van der Waals surface area contributed by atoms with E-state index in [2.05, 4.69) is 10.6 Å². The molecular weight excluding hydrogens is 339 g/mol. The van der Waals surface area contributed by atoms with Crippen LogP contribution in [-0.4, -0.2) is 23.3 Å². The van der Waals surface area contributed by atoms with Crippen LogP contribution < -0.4 is 10.6 Å². The first-order chi connectivity index (χ1) is 11.9. The molecule has 0 aliphatic carbocycles. The van der Waals surface area contributed by atoms with E-state index < -0.39 is 0 Å². The fourth-order valence-electron chi connectivity index (χ4n) is 2.27. The molecule has 0 fully saturated rings. The number of nitrogens with one attached hydrogen (secondary N) is 2. The van der Waals surface area contributed by atoms with Crippen molar-refractivity contribution in [2.75, 3.05) is 16.8 Å². The monoisotopic (exact) mass is 360 g/mol. The summed E-state index contributed by atoms with van der Waals surface area (Å²) in [4.78, 5) is 23.8. The molecule has 0 aliphatic heterocycles. The van der Waals surface area contributed by atoms with E-state index in [1.165, 1.54) is 23.9 Å². The Hall–Kier alpha value is -2.34. The van der Waals surface area contributed by atoms with Gasteiger partial charge in [0.05, 0.1) is 17.5 Å². The Balaban J connectivity index is 1.71. The van der Waals surface area contributed by atoms with Crippen molar-refractivity contribution in [3.05, 3.63) is 65.5 Å². The molecule has 0 saturated carbocycles. The maximum absolute atomic E-state index is 12.9. The van der Waals surface area contributed by atoms with E-state index in [-0.39, 0.29) is 35.2 Å². The van der Waals surface area contributed by atoms with E-state index in [1.807, 2.05) is 38.1 Å². The molecule has 0 spiro atoms. The van der Waals surface area contributed by atoms with Gasteiger partial charge < -0.3 is 10.6 Å². The third kappa shape index (κ3) is 6.58. The number of aryl methyl sites for hydroxylation is 1. The van der Waals surface area contributed by atoms with Gasteiger partial charge in [0, 0.05) is 5.69 Å². The summed E-state index contributed by atoms with van der Waals surface area (Å²) in [5.41, 5.74) is 2.65. The summed E-state index contributed by atoms with van der Waals surface area (Å²) in [6.07, 6.45) is 0. The number of anilines is 1. The summed E-state index contributed by atoms with van der Waals surface area (Å²) in [5, 5.41) is 5.63. The molecule has 0 aromatic heterocycles. The minimum Gasteiger partial charge on any atom is -0.349 e. The Morgan fingerprint density at radius 3 is 2.44 bits per heavy atom. The summed E-state index contributed by atoms with van der Waals surface area (Å²) in [7, 11) is 0. The molecule has 6 heteroatoms. The molecule has 0 heterocycles. The highest BCUT2D eigenvalue weighted by molar-refractivity contribution is 8.00. The number of carbonyl (C=O) groups is 2. The Morgan fingerprint density at radius 2 is 1.76 bits per heavy atom. The molecule has 2 amide bonds. The fraction of sp³-hybridized carbons (Fsp3) is 0.263. The second-order valence-electron chi connectivity index (χ2n) is 5.75. The van der Waals surface area contributed by atoms with Crippen LogP contribution in [0.5, 0.6) is 0 Å². The zero-order valence-corrected chi connectivity index (χ0v) is 15.0. The zero-order chi connectivity index (χ0) is 18.2. The molecular formula is C19H21FN2O2S. The standard InChI is InChI=1S/C19H21FN2O2S/c1-13-4-3-5-17(10-13)22-19(24)12-25-11-18(23)21-14(2)15-6-8-16(20)9-7-15/h3-10,14H,11-12H2,1-2H3,(H,21,23)(H,22,24)/t14-/m1/s1. The van der Waals surface area contributed by atoms with Gasteiger partial charge in [-0.1, -0.05) is 24.3 Å². The molecule has 0 unspecified atom stereocenters. The van der Waals surface area contributed by atoms with E-state index in [9.17, 15) is 14.0 Å². The van der Waals surface area contributed by atoms with Crippen LogP contribution in [0.15, 0.2) is 48.5 Å². The predicted molar refractivity (Wildman–Crippen MR) is 100 cm³/mol. The van der Waals surface area contributed by atoms with E-state index in [0.29, 0.717) is 0 Å². The van der Waals surface area contributed by atoms with Crippen LogP contribution in [0, 0.1) is 12.7 Å². The lowest BCUT2D eigenvalue weighted by atomic mass is 10.1. The van der Waals surface area contributed by atoms with Gasteiger partial charge in [-0.3, -0.25) is 9.59 Å². The Morgan fingerprint density at radius 1 is 1.08 bits per heavy atom. The number of hydrogen-bond donors (Lipinski definition) is 2. The van der Waals surface area contributed by atoms with Crippen molar-refractivity contribution in [3.8, 4) is 0 Å². The van der Waals surface area contributed by atoms with Crippen molar-refractivity contribution in [1.29, 1.82) is 0 Å². The van der Waals surface area contributed by atoms with Crippen molar-refractivity contribution < 1.29 is 14.0 Å². The summed E-state index contributed by atoms with van der Waals surface area (Å²) >= 11 is 1.25. The molecule has 2 N–H and O–H groups in total.